The van der Waals surface area contributed by atoms with Crippen LogP contribution in [0.5, 0.6) is 0 Å². The molecule has 0 amide bonds. The summed E-state index contributed by atoms with van der Waals surface area (Å²) in [5.41, 5.74) is 2.11. The van der Waals surface area contributed by atoms with E-state index in [1.165, 1.54) is 4.57 Å². The van der Waals surface area contributed by atoms with Crippen LogP contribution in [0.25, 0.3) is 22.6 Å². The summed E-state index contributed by atoms with van der Waals surface area (Å²) < 4.78 is 31.6. The van der Waals surface area contributed by atoms with E-state index in [0.29, 0.717) is 41.4 Å². The second-order valence-corrected chi connectivity index (χ2v) is 7.21. The monoisotopic (exact) mass is 363 g/mol. The molecule has 2 aromatic heterocycles. The zero-order chi connectivity index (χ0) is 18.0. The number of ether oxygens (including phenoxy) is 1. The molecule has 0 fully saturated rings. The number of anilines is 1. The molecule has 0 aliphatic heterocycles. The highest BCUT2D eigenvalue weighted by atomic mass is 32.2. The van der Waals surface area contributed by atoms with Gasteiger partial charge in [-0.1, -0.05) is 12.1 Å². The topological polar surface area (TPSA) is 119 Å². The second-order valence-electron chi connectivity index (χ2n) is 5.46. The average molecular weight is 363 g/mol. The summed E-state index contributed by atoms with van der Waals surface area (Å²) in [6.45, 7) is 0.757. The molecule has 9 nitrogen and oxygen atoms in total. The number of aromatic nitrogens is 4. The first kappa shape index (κ1) is 17.1. The third-order valence-electron chi connectivity index (χ3n) is 3.46. The van der Waals surface area contributed by atoms with E-state index < -0.39 is 10.0 Å². The van der Waals surface area contributed by atoms with Gasteiger partial charge in [0.15, 0.2) is 11.3 Å². The van der Waals surface area contributed by atoms with Gasteiger partial charge in [0.05, 0.1) is 31.3 Å². The van der Waals surface area contributed by atoms with Crippen LogP contribution in [0.1, 0.15) is 0 Å². The highest BCUT2D eigenvalue weighted by molar-refractivity contribution is 7.92. The van der Waals surface area contributed by atoms with Crippen molar-refractivity contribution in [1.82, 2.24) is 19.5 Å². The Bertz CT molecular complexity index is 1070. The Balaban J connectivity index is 2.00. The SMILES string of the molecule is COCCn1c(=O)[nH]c2nc(-c3cccc(NS(C)(=O)=O)c3)cnc21. The van der Waals surface area contributed by atoms with Crippen LogP contribution in [0.4, 0.5) is 5.69 Å². The lowest BCUT2D eigenvalue weighted by Gasteiger charge is -2.06. The van der Waals surface area contributed by atoms with Crippen molar-refractivity contribution >= 4 is 27.0 Å². The molecule has 3 aromatic rings. The molecule has 132 valence electrons. The maximum absolute atomic E-state index is 12.0. The molecule has 0 spiro atoms. The standard InChI is InChI=1S/C15H17N5O4S/c1-24-7-6-20-14-13(18-15(20)21)17-12(9-16-14)10-4-3-5-11(8-10)19-25(2,22)23/h3-5,8-9,19H,6-7H2,1-2H3,(H,17,18,21). The third-order valence-corrected chi connectivity index (χ3v) is 4.07. The fourth-order valence-corrected chi connectivity index (χ4v) is 2.97. The molecule has 0 saturated heterocycles. The fraction of sp³-hybridized carbons (Fsp3) is 0.267. The van der Waals surface area contributed by atoms with Gasteiger partial charge in [0.2, 0.25) is 10.0 Å². The van der Waals surface area contributed by atoms with Crippen molar-refractivity contribution in [2.45, 2.75) is 6.54 Å². The number of imidazole rings is 1. The minimum absolute atomic E-state index is 0.309. The number of hydrogen-bond donors (Lipinski definition) is 2. The van der Waals surface area contributed by atoms with E-state index in [4.69, 9.17) is 4.74 Å². The van der Waals surface area contributed by atoms with Crippen LogP contribution >= 0.6 is 0 Å². The van der Waals surface area contributed by atoms with E-state index in [1.54, 1.807) is 37.6 Å². The first-order valence-corrected chi connectivity index (χ1v) is 9.29. The number of rotatable bonds is 6. The summed E-state index contributed by atoms with van der Waals surface area (Å²) in [4.78, 5) is 23.4. The molecule has 0 atom stereocenters. The van der Waals surface area contributed by atoms with Crippen LogP contribution < -0.4 is 10.4 Å². The molecule has 0 aliphatic rings. The highest BCUT2D eigenvalue weighted by Crippen LogP contribution is 2.22. The Morgan fingerprint density at radius 1 is 1.36 bits per heavy atom. The average Bonchev–Trinajstić information content (AvgIpc) is 2.86. The van der Waals surface area contributed by atoms with Crippen molar-refractivity contribution in [3.63, 3.8) is 0 Å². The van der Waals surface area contributed by atoms with Crippen molar-refractivity contribution < 1.29 is 13.2 Å². The number of methoxy groups -OCH3 is 1. The van der Waals surface area contributed by atoms with Crippen LogP contribution in [0, 0.1) is 0 Å². The predicted molar refractivity (Wildman–Crippen MR) is 93.9 cm³/mol. The molecular weight excluding hydrogens is 346 g/mol. The van der Waals surface area contributed by atoms with Gasteiger partial charge < -0.3 is 4.74 Å². The number of nitrogens with one attached hydrogen (secondary N) is 2. The van der Waals surface area contributed by atoms with Crippen LogP contribution in [0.15, 0.2) is 35.3 Å². The number of sulfonamides is 1. The van der Waals surface area contributed by atoms with E-state index in [9.17, 15) is 13.2 Å². The summed E-state index contributed by atoms with van der Waals surface area (Å²) in [5.74, 6) is 0. The van der Waals surface area contributed by atoms with E-state index in [2.05, 4.69) is 19.7 Å². The maximum atomic E-state index is 12.0. The Kier molecular flexibility index (Phi) is 4.55. The lowest BCUT2D eigenvalue weighted by Crippen LogP contribution is -2.19. The lowest BCUT2D eigenvalue weighted by atomic mass is 10.1. The van der Waals surface area contributed by atoms with Gasteiger partial charge >= 0.3 is 5.69 Å². The summed E-state index contributed by atoms with van der Waals surface area (Å²) in [6.07, 6.45) is 2.62. The van der Waals surface area contributed by atoms with Gasteiger partial charge in [-0.25, -0.2) is 23.2 Å². The molecule has 2 N–H and O–H groups in total. The molecule has 10 heteroatoms. The summed E-state index contributed by atoms with van der Waals surface area (Å²) >= 11 is 0. The highest BCUT2D eigenvalue weighted by Gasteiger charge is 2.11. The zero-order valence-electron chi connectivity index (χ0n) is 13.7. The summed E-state index contributed by atoms with van der Waals surface area (Å²) in [5, 5.41) is 0. The number of nitrogens with zero attached hydrogens (tertiary/aromatic N) is 3. The molecule has 0 aliphatic carbocycles. The molecule has 3 rings (SSSR count). The number of fused-ring (bicyclic) bond motifs is 1. The van der Waals surface area contributed by atoms with Crippen LogP contribution in [0.2, 0.25) is 0 Å². The molecule has 1 aromatic carbocycles. The van der Waals surface area contributed by atoms with Crippen molar-refractivity contribution in [1.29, 1.82) is 0 Å². The van der Waals surface area contributed by atoms with E-state index in [1.807, 2.05) is 0 Å². The maximum Gasteiger partial charge on any atom is 0.328 e. The number of aromatic amines is 1. The Labute approximate surface area is 143 Å². The fourth-order valence-electron chi connectivity index (χ4n) is 2.41. The van der Waals surface area contributed by atoms with Gasteiger partial charge in [0.1, 0.15) is 0 Å². The van der Waals surface area contributed by atoms with Gasteiger partial charge in [-0.3, -0.25) is 14.3 Å². The normalized spacial score (nSPS) is 11.8. The van der Waals surface area contributed by atoms with Crippen LogP contribution in [0.3, 0.4) is 0 Å². The second kappa shape index (κ2) is 6.65. The minimum Gasteiger partial charge on any atom is -0.383 e. The largest absolute Gasteiger partial charge is 0.383 e. The zero-order valence-corrected chi connectivity index (χ0v) is 14.5. The van der Waals surface area contributed by atoms with Gasteiger partial charge in [0, 0.05) is 18.4 Å². The predicted octanol–water partition coefficient (Wildman–Crippen LogP) is 0.805. The van der Waals surface area contributed by atoms with Crippen molar-refractivity contribution in [3.05, 3.63) is 40.9 Å². The molecular formula is C15H17N5O4S. The summed E-state index contributed by atoms with van der Waals surface area (Å²) in [6, 6.07) is 6.78. The van der Waals surface area contributed by atoms with Gasteiger partial charge in [-0.15, -0.1) is 0 Å². The Hall–Kier alpha value is -2.72. The first-order chi connectivity index (χ1) is 11.9. The number of H-pyrrole nitrogens is 1. The van der Waals surface area contributed by atoms with E-state index >= 15 is 0 Å². The molecule has 0 radical (unpaired) electrons. The third kappa shape index (κ3) is 3.86. The van der Waals surface area contributed by atoms with Crippen molar-refractivity contribution in [3.8, 4) is 11.3 Å². The molecule has 0 unspecified atom stereocenters. The Morgan fingerprint density at radius 2 is 2.16 bits per heavy atom. The minimum atomic E-state index is -3.37. The quantitative estimate of drug-likeness (QED) is 0.669. The van der Waals surface area contributed by atoms with E-state index in [0.717, 1.165) is 6.26 Å². The van der Waals surface area contributed by atoms with Crippen LogP contribution in [-0.2, 0) is 21.3 Å². The first-order valence-electron chi connectivity index (χ1n) is 7.40. The van der Waals surface area contributed by atoms with Crippen LogP contribution in [-0.4, -0.2) is 47.9 Å². The van der Waals surface area contributed by atoms with E-state index in [-0.39, 0.29) is 5.69 Å². The molecule has 0 bridgehead atoms. The summed E-state index contributed by atoms with van der Waals surface area (Å²) in [7, 11) is -1.81. The van der Waals surface area contributed by atoms with Crippen molar-refractivity contribution in [2.24, 2.45) is 0 Å². The van der Waals surface area contributed by atoms with Gasteiger partial charge in [-0.2, -0.15) is 0 Å². The number of benzene rings is 1. The number of hydrogen-bond acceptors (Lipinski definition) is 6. The molecule has 2 heterocycles. The Morgan fingerprint density at radius 3 is 2.88 bits per heavy atom. The van der Waals surface area contributed by atoms with Gasteiger partial charge in [0.25, 0.3) is 0 Å². The smallest absolute Gasteiger partial charge is 0.328 e. The molecule has 25 heavy (non-hydrogen) atoms. The van der Waals surface area contributed by atoms with Crippen molar-refractivity contribution in [2.75, 3.05) is 24.7 Å². The molecule has 0 saturated carbocycles. The lowest BCUT2D eigenvalue weighted by molar-refractivity contribution is 0.187. The van der Waals surface area contributed by atoms with Gasteiger partial charge in [-0.05, 0) is 12.1 Å².